The largest absolute Gasteiger partial charge is 0.497 e. The van der Waals surface area contributed by atoms with Gasteiger partial charge in [0.25, 0.3) is 5.91 Å². The summed E-state index contributed by atoms with van der Waals surface area (Å²) in [6.45, 7) is -0.0509. The molecule has 0 aliphatic heterocycles. The molecule has 26 heavy (non-hydrogen) atoms. The number of nitrogens with one attached hydrogen (secondary N) is 2. The van der Waals surface area contributed by atoms with Crippen LogP contribution in [-0.4, -0.2) is 25.5 Å². The van der Waals surface area contributed by atoms with E-state index in [0.29, 0.717) is 11.5 Å². The molecule has 5 nitrogen and oxygen atoms in total. The van der Waals surface area contributed by atoms with E-state index in [0.717, 1.165) is 28.6 Å². The van der Waals surface area contributed by atoms with E-state index >= 15 is 0 Å². The van der Waals surface area contributed by atoms with Crippen LogP contribution < -0.4 is 15.4 Å². The number of ether oxygens (including phenoxy) is 1. The lowest BCUT2D eigenvalue weighted by Crippen LogP contribution is -2.39. The molecule has 136 valence electrons. The number of methoxy groups -OCH3 is 1. The highest BCUT2D eigenvalue weighted by atomic mass is 79.9. The van der Waals surface area contributed by atoms with Crippen LogP contribution in [0.1, 0.15) is 34.8 Å². The second-order valence-electron chi connectivity index (χ2n) is 6.35. The first-order valence-electron chi connectivity index (χ1n) is 8.54. The molecular weight excluding hydrogens is 396 g/mol. The van der Waals surface area contributed by atoms with Gasteiger partial charge in [0, 0.05) is 10.0 Å². The average molecular weight is 417 g/mol. The standard InChI is InChI=1S/C20H21BrN2O3/c1-26-17-9-7-14(8-10-17)19(13-5-6-13)23-18(24)12-22-20(25)15-3-2-4-16(21)11-15/h2-4,7-11,13,19H,5-6,12H2,1H3,(H,22,25)(H,23,24). The van der Waals surface area contributed by atoms with Crippen molar-refractivity contribution < 1.29 is 14.3 Å². The zero-order valence-electron chi connectivity index (χ0n) is 14.5. The molecule has 0 saturated heterocycles. The van der Waals surface area contributed by atoms with Crippen molar-refractivity contribution in [2.75, 3.05) is 13.7 Å². The summed E-state index contributed by atoms with van der Waals surface area (Å²) in [6, 6.07) is 14.8. The van der Waals surface area contributed by atoms with Crippen LogP contribution in [-0.2, 0) is 4.79 Å². The Morgan fingerprint density at radius 3 is 2.54 bits per heavy atom. The summed E-state index contributed by atoms with van der Waals surface area (Å²) in [5.74, 6) is 0.777. The van der Waals surface area contributed by atoms with Crippen LogP contribution in [0.15, 0.2) is 53.0 Å². The maximum Gasteiger partial charge on any atom is 0.251 e. The van der Waals surface area contributed by atoms with Crippen molar-refractivity contribution >= 4 is 27.7 Å². The number of hydrogen-bond acceptors (Lipinski definition) is 3. The Kier molecular flexibility index (Phi) is 5.93. The van der Waals surface area contributed by atoms with Gasteiger partial charge in [-0.15, -0.1) is 0 Å². The highest BCUT2D eigenvalue weighted by Crippen LogP contribution is 2.41. The molecule has 0 spiro atoms. The predicted molar refractivity (Wildman–Crippen MR) is 103 cm³/mol. The summed E-state index contributed by atoms with van der Waals surface area (Å²) in [6.07, 6.45) is 2.20. The number of amides is 2. The Bertz CT molecular complexity index is 788. The third-order valence-corrected chi connectivity index (χ3v) is 4.87. The summed E-state index contributed by atoms with van der Waals surface area (Å²) in [4.78, 5) is 24.5. The number of benzene rings is 2. The lowest BCUT2D eigenvalue weighted by molar-refractivity contribution is -0.121. The molecule has 1 aliphatic rings. The molecule has 2 N–H and O–H groups in total. The van der Waals surface area contributed by atoms with Gasteiger partial charge in [-0.05, 0) is 54.7 Å². The molecule has 0 aromatic heterocycles. The Morgan fingerprint density at radius 1 is 1.19 bits per heavy atom. The number of carbonyl (C=O) groups excluding carboxylic acids is 2. The Hall–Kier alpha value is -2.34. The van der Waals surface area contributed by atoms with Crippen LogP contribution in [0.25, 0.3) is 0 Å². The summed E-state index contributed by atoms with van der Waals surface area (Å²) in [7, 11) is 1.63. The molecule has 2 aromatic rings. The highest BCUT2D eigenvalue weighted by Gasteiger charge is 2.33. The molecule has 2 aromatic carbocycles. The summed E-state index contributed by atoms with van der Waals surface area (Å²) >= 11 is 3.33. The van der Waals surface area contributed by atoms with E-state index in [9.17, 15) is 9.59 Å². The first-order chi connectivity index (χ1) is 12.6. The van der Waals surface area contributed by atoms with E-state index in [4.69, 9.17) is 4.74 Å². The van der Waals surface area contributed by atoms with Gasteiger partial charge in [-0.1, -0.05) is 34.1 Å². The minimum Gasteiger partial charge on any atom is -0.497 e. The number of hydrogen-bond donors (Lipinski definition) is 2. The molecule has 2 amide bonds. The first-order valence-corrected chi connectivity index (χ1v) is 9.33. The lowest BCUT2D eigenvalue weighted by Gasteiger charge is -2.19. The molecule has 1 aliphatic carbocycles. The van der Waals surface area contributed by atoms with Crippen LogP contribution in [0.2, 0.25) is 0 Å². The van der Waals surface area contributed by atoms with Crippen molar-refractivity contribution in [1.82, 2.24) is 10.6 Å². The molecular formula is C20H21BrN2O3. The molecule has 6 heteroatoms. The summed E-state index contributed by atoms with van der Waals surface area (Å²) in [5, 5.41) is 5.72. The quantitative estimate of drug-likeness (QED) is 0.725. The average Bonchev–Trinajstić information content (AvgIpc) is 3.49. The molecule has 3 rings (SSSR count). The van der Waals surface area contributed by atoms with Gasteiger partial charge >= 0.3 is 0 Å². The third kappa shape index (κ3) is 4.85. The van der Waals surface area contributed by atoms with Crippen LogP contribution in [0.5, 0.6) is 5.75 Å². The molecule has 1 saturated carbocycles. The Labute approximate surface area is 161 Å². The van der Waals surface area contributed by atoms with Gasteiger partial charge in [-0.2, -0.15) is 0 Å². The maximum absolute atomic E-state index is 12.3. The SMILES string of the molecule is COc1ccc(C(NC(=O)CNC(=O)c2cccc(Br)c2)C2CC2)cc1. The van der Waals surface area contributed by atoms with Crippen LogP contribution >= 0.6 is 15.9 Å². The maximum atomic E-state index is 12.3. The van der Waals surface area contributed by atoms with Crippen LogP contribution in [0.4, 0.5) is 0 Å². The molecule has 1 atom stereocenters. The minimum atomic E-state index is -0.270. The van der Waals surface area contributed by atoms with Crippen molar-refractivity contribution in [3.63, 3.8) is 0 Å². The van der Waals surface area contributed by atoms with Gasteiger partial charge in [0.2, 0.25) is 5.91 Å². The number of halogens is 1. The second-order valence-corrected chi connectivity index (χ2v) is 7.26. The van der Waals surface area contributed by atoms with Crippen molar-refractivity contribution in [1.29, 1.82) is 0 Å². The highest BCUT2D eigenvalue weighted by molar-refractivity contribution is 9.10. The molecule has 1 unspecified atom stereocenters. The van der Waals surface area contributed by atoms with Gasteiger partial charge < -0.3 is 15.4 Å². The van der Waals surface area contributed by atoms with Crippen molar-refractivity contribution in [3.8, 4) is 5.75 Å². The number of rotatable bonds is 7. The smallest absolute Gasteiger partial charge is 0.251 e. The van der Waals surface area contributed by atoms with E-state index in [1.165, 1.54) is 0 Å². The fourth-order valence-electron chi connectivity index (χ4n) is 2.83. The summed E-state index contributed by atoms with van der Waals surface area (Å²) in [5.41, 5.74) is 1.57. The monoisotopic (exact) mass is 416 g/mol. The number of carbonyl (C=O) groups is 2. The zero-order valence-corrected chi connectivity index (χ0v) is 16.1. The second kappa shape index (κ2) is 8.36. The van der Waals surface area contributed by atoms with E-state index < -0.39 is 0 Å². The van der Waals surface area contributed by atoms with E-state index in [1.807, 2.05) is 30.3 Å². The third-order valence-electron chi connectivity index (χ3n) is 4.38. The molecule has 0 heterocycles. The van der Waals surface area contributed by atoms with Crippen LogP contribution in [0.3, 0.4) is 0 Å². The molecule has 0 bridgehead atoms. The fraction of sp³-hybridized carbons (Fsp3) is 0.300. The van der Waals surface area contributed by atoms with Gasteiger partial charge in [-0.25, -0.2) is 0 Å². The van der Waals surface area contributed by atoms with E-state index in [1.54, 1.807) is 25.3 Å². The normalized spacial score (nSPS) is 14.4. The topological polar surface area (TPSA) is 67.4 Å². The van der Waals surface area contributed by atoms with Gasteiger partial charge in [-0.3, -0.25) is 9.59 Å². The van der Waals surface area contributed by atoms with E-state index in [-0.39, 0.29) is 24.4 Å². The predicted octanol–water partition coefficient (Wildman–Crippen LogP) is 3.46. The molecule has 0 radical (unpaired) electrons. The van der Waals surface area contributed by atoms with E-state index in [2.05, 4.69) is 26.6 Å². The van der Waals surface area contributed by atoms with Gasteiger partial charge in [0.05, 0.1) is 19.7 Å². The van der Waals surface area contributed by atoms with Gasteiger partial charge in [0.1, 0.15) is 5.75 Å². The Morgan fingerprint density at radius 2 is 1.92 bits per heavy atom. The van der Waals surface area contributed by atoms with Crippen molar-refractivity contribution in [2.45, 2.75) is 18.9 Å². The lowest BCUT2D eigenvalue weighted by atomic mass is 10.0. The first kappa shape index (κ1) is 18.5. The van der Waals surface area contributed by atoms with Crippen LogP contribution in [0, 0.1) is 5.92 Å². The zero-order chi connectivity index (χ0) is 18.5. The van der Waals surface area contributed by atoms with Crippen molar-refractivity contribution in [3.05, 3.63) is 64.1 Å². The fourth-order valence-corrected chi connectivity index (χ4v) is 3.23. The minimum absolute atomic E-state index is 0.0313. The molecule has 1 fully saturated rings. The van der Waals surface area contributed by atoms with Gasteiger partial charge in [0.15, 0.2) is 0 Å². The summed E-state index contributed by atoms with van der Waals surface area (Å²) < 4.78 is 6.01. The Balaban J connectivity index is 1.57. The van der Waals surface area contributed by atoms with Crippen molar-refractivity contribution in [2.24, 2.45) is 5.92 Å².